The molecule has 7 heteroatoms. The summed E-state index contributed by atoms with van der Waals surface area (Å²) in [6, 6.07) is 8.28. The molecule has 2 aromatic rings. The lowest BCUT2D eigenvalue weighted by atomic mass is 9.83. The van der Waals surface area contributed by atoms with Gasteiger partial charge in [0, 0.05) is 37.3 Å². The highest BCUT2D eigenvalue weighted by atomic mass is 16.5. The van der Waals surface area contributed by atoms with Crippen LogP contribution in [0.4, 0.5) is 0 Å². The summed E-state index contributed by atoms with van der Waals surface area (Å²) in [4.78, 5) is 11.2. The molecule has 0 spiro atoms. The minimum Gasteiger partial charge on any atom is -0.496 e. The average molecular weight is 440 g/mol. The number of hydrogen-bond donors (Lipinski definition) is 1. The Bertz CT molecular complexity index is 951. The van der Waals surface area contributed by atoms with E-state index in [1.165, 1.54) is 0 Å². The second kappa shape index (κ2) is 9.88. The number of rotatable bonds is 9. The van der Waals surface area contributed by atoms with Crippen LogP contribution < -0.4 is 14.2 Å². The van der Waals surface area contributed by atoms with Gasteiger partial charge in [-0.15, -0.1) is 0 Å². The van der Waals surface area contributed by atoms with Crippen molar-refractivity contribution in [3.8, 4) is 17.6 Å². The highest BCUT2D eigenvalue weighted by Crippen LogP contribution is 2.52. The van der Waals surface area contributed by atoms with Crippen LogP contribution in [0.2, 0.25) is 0 Å². The molecule has 4 rings (SSSR count). The van der Waals surface area contributed by atoms with Gasteiger partial charge in [-0.3, -0.25) is 4.90 Å². The SMILES string of the molecule is CCOc1ncc(C2(O)CCC3CN(C/C=C/c4ccccc4OC)CC32)c(OCC)n1. The van der Waals surface area contributed by atoms with Crippen LogP contribution in [-0.4, -0.2) is 59.9 Å². The fourth-order valence-corrected chi connectivity index (χ4v) is 5.09. The fourth-order valence-electron chi connectivity index (χ4n) is 5.09. The van der Waals surface area contributed by atoms with Gasteiger partial charge in [0.2, 0.25) is 5.88 Å². The van der Waals surface area contributed by atoms with Crippen molar-refractivity contribution >= 4 is 6.08 Å². The minimum atomic E-state index is -0.985. The number of benzene rings is 1. The van der Waals surface area contributed by atoms with E-state index >= 15 is 0 Å². The number of fused-ring (bicyclic) bond motifs is 1. The van der Waals surface area contributed by atoms with E-state index in [2.05, 4.69) is 27.0 Å². The van der Waals surface area contributed by atoms with Crippen LogP contribution in [0.15, 0.2) is 36.5 Å². The molecule has 1 saturated heterocycles. The first-order chi connectivity index (χ1) is 15.6. The van der Waals surface area contributed by atoms with Gasteiger partial charge in [0.15, 0.2) is 0 Å². The zero-order valence-electron chi connectivity index (χ0n) is 19.2. The highest BCUT2D eigenvalue weighted by Gasteiger charge is 2.53. The van der Waals surface area contributed by atoms with Gasteiger partial charge >= 0.3 is 6.01 Å². The van der Waals surface area contributed by atoms with Crippen LogP contribution in [0.5, 0.6) is 17.6 Å². The Morgan fingerprint density at radius 2 is 2.00 bits per heavy atom. The Labute approximate surface area is 190 Å². The van der Waals surface area contributed by atoms with Gasteiger partial charge in [-0.05, 0) is 38.7 Å². The van der Waals surface area contributed by atoms with Crippen LogP contribution >= 0.6 is 0 Å². The summed E-state index contributed by atoms with van der Waals surface area (Å²) in [6.07, 6.45) is 7.64. The van der Waals surface area contributed by atoms with Crippen LogP contribution in [0.25, 0.3) is 6.08 Å². The van der Waals surface area contributed by atoms with Gasteiger partial charge in [0.1, 0.15) is 11.4 Å². The summed E-state index contributed by atoms with van der Waals surface area (Å²) < 4.78 is 16.6. The quantitative estimate of drug-likeness (QED) is 0.640. The minimum absolute atomic E-state index is 0.128. The van der Waals surface area contributed by atoms with Gasteiger partial charge in [0.25, 0.3) is 0 Å². The van der Waals surface area contributed by atoms with Crippen LogP contribution in [-0.2, 0) is 5.60 Å². The number of hydrogen-bond acceptors (Lipinski definition) is 7. The number of nitrogens with zero attached hydrogens (tertiary/aromatic N) is 3. The van der Waals surface area contributed by atoms with E-state index in [9.17, 15) is 5.11 Å². The zero-order valence-corrected chi connectivity index (χ0v) is 19.2. The molecule has 1 aromatic heterocycles. The van der Waals surface area contributed by atoms with E-state index in [1.54, 1.807) is 13.3 Å². The summed E-state index contributed by atoms with van der Waals surface area (Å²) in [6.45, 7) is 7.40. The van der Waals surface area contributed by atoms with Crippen molar-refractivity contribution in [1.82, 2.24) is 14.9 Å². The molecule has 1 aliphatic heterocycles. The second-order valence-electron chi connectivity index (χ2n) is 8.43. The molecule has 1 aliphatic carbocycles. The Hall–Kier alpha value is -2.64. The van der Waals surface area contributed by atoms with E-state index in [1.807, 2.05) is 38.1 Å². The van der Waals surface area contributed by atoms with Crippen molar-refractivity contribution in [3.63, 3.8) is 0 Å². The molecule has 3 atom stereocenters. The van der Waals surface area contributed by atoms with E-state index in [4.69, 9.17) is 14.2 Å². The van der Waals surface area contributed by atoms with Crippen molar-refractivity contribution in [3.05, 3.63) is 47.7 Å². The molecule has 172 valence electrons. The normalized spacial score (nSPS) is 25.2. The first-order valence-electron chi connectivity index (χ1n) is 11.5. The van der Waals surface area contributed by atoms with Crippen molar-refractivity contribution in [2.45, 2.75) is 32.3 Å². The van der Waals surface area contributed by atoms with E-state index in [0.717, 1.165) is 37.4 Å². The summed E-state index contributed by atoms with van der Waals surface area (Å²) >= 11 is 0. The molecule has 0 bridgehead atoms. The van der Waals surface area contributed by atoms with Crippen molar-refractivity contribution in [1.29, 1.82) is 0 Å². The van der Waals surface area contributed by atoms with Gasteiger partial charge in [-0.1, -0.05) is 30.4 Å². The van der Waals surface area contributed by atoms with E-state index in [0.29, 0.717) is 37.0 Å². The van der Waals surface area contributed by atoms with Gasteiger partial charge in [0.05, 0.1) is 25.9 Å². The smallest absolute Gasteiger partial charge is 0.319 e. The highest BCUT2D eigenvalue weighted by molar-refractivity contribution is 5.57. The number of likely N-dealkylation sites (tertiary alicyclic amines) is 1. The van der Waals surface area contributed by atoms with Gasteiger partial charge < -0.3 is 19.3 Å². The Balaban J connectivity index is 1.48. The third kappa shape index (κ3) is 4.45. The lowest BCUT2D eigenvalue weighted by Crippen LogP contribution is -2.35. The molecule has 1 aromatic carbocycles. The lowest BCUT2D eigenvalue weighted by molar-refractivity contribution is -0.00943. The molecule has 0 amide bonds. The third-order valence-electron chi connectivity index (χ3n) is 6.58. The van der Waals surface area contributed by atoms with Crippen LogP contribution in [0, 0.1) is 11.8 Å². The summed E-state index contributed by atoms with van der Waals surface area (Å²) in [5.74, 6) is 1.88. The first kappa shape index (κ1) is 22.6. The van der Waals surface area contributed by atoms with Crippen LogP contribution in [0.3, 0.4) is 0 Å². The maximum atomic E-state index is 11.8. The van der Waals surface area contributed by atoms with Crippen molar-refractivity contribution < 1.29 is 19.3 Å². The first-order valence-corrected chi connectivity index (χ1v) is 11.5. The Morgan fingerprint density at radius 1 is 1.19 bits per heavy atom. The van der Waals surface area contributed by atoms with Crippen molar-refractivity contribution in [2.24, 2.45) is 11.8 Å². The number of aromatic nitrogens is 2. The summed E-state index contributed by atoms with van der Waals surface area (Å²) in [5.41, 5.74) is 0.765. The lowest BCUT2D eigenvalue weighted by Gasteiger charge is -2.31. The Kier molecular flexibility index (Phi) is 6.96. The van der Waals surface area contributed by atoms with E-state index in [-0.39, 0.29) is 11.9 Å². The molecule has 32 heavy (non-hydrogen) atoms. The monoisotopic (exact) mass is 439 g/mol. The molecule has 7 nitrogen and oxygen atoms in total. The maximum absolute atomic E-state index is 11.8. The molecule has 2 fully saturated rings. The average Bonchev–Trinajstić information content (AvgIpc) is 3.35. The molecule has 1 N–H and O–H groups in total. The molecular weight excluding hydrogens is 406 g/mol. The molecule has 0 radical (unpaired) electrons. The standard InChI is InChI=1S/C25H33N3O4/c1-4-31-23-20(15-26-24(27-23)32-5-2)25(29)13-12-19-16-28(17-21(19)25)14-8-10-18-9-6-7-11-22(18)30-3/h6-11,15,19,21,29H,4-5,12-14,16-17H2,1-3H3/b10-8+. The predicted molar refractivity (Wildman–Crippen MR) is 123 cm³/mol. The van der Waals surface area contributed by atoms with E-state index < -0.39 is 5.60 Å². The molecule has 2 heterocycles. The van der Waals surface area contributed by atoms with Gasteiger partial charge in [-0.2, -0.15) is 4.98 Å². The Morgan fingerprint density at radius 3 is 2.78 bits per heavy atom. The number of methoxy groups -OCH3 is 1. The van der Waals surface area contributed by atoms with Crippen LogP contribution in [0.1, 0.15) is 37.8 Å². The van der Waals surface area contributed by atoms with Crippen molar-refractivity contribution in [2.75, 3.05) is 40.0 Å². The third-order valence-corrected chi connectivity index (χ3v) is 6.58. The summed E-state index contributed by atoms with van der Waals surface area (Å²) in [7, 11) is 1.69. The fraction of sp³-hybridized carbons (Fsp3) is 0.520. The summed E-state index contributed by atoms with van der Waals surface area (Å²) in [5, 5.41) is 11.8. The molecular formula is C25H33N3O4. The predicted octanol–water partition coefficient (Wildman–Crippen LogP) is 3.53. The topological polar surface area (TPSA) is 76.9 Å². The number of aliphatic hydroxyl groups is 1. The number of ether oxygens (including phenoxy) is 3. The molecule has 1 saturated carbocycles. The maximum Gasteiger partial charge on any atom is 0.319 e. The zero-order chi connectivity index (χ0) is 22.6. The van der Waals surface area contributed by atoms with Gasteiger partial charge in [-0.25, -0.2) is 4.98 Å². The molecule has 3 unspecified atom stereocenters. The number of para-hydroxylation sites is 1. The largest absolute Gasteiger partial charge is 0.496 e. The molecule has 2 aliphatic rings. The second-order valence-corrected chi connectivity index (χ2v) is 8.43.